The van der Waals surface area contributed by atoms with Crippen LogP contribution in [0, 0.1) is 6.92 Å². The number of ether oxygens (including phenoxy) is 1. The van der Waals surface area contributed by atoms with Gasteiger partial charge in [0.2, 0.25) is 0 Å². The van der Waals surface area contributed by atoms with E-state index in [1.807, 2.05) is 80.5 Å². The van der Waals surface area contributed by atoms with Gasteiger partial charge in [0.05, 0.1) is 27.9 Å². The van der Waals surface area contributed by atoms with E-state index in [4.69, 9.17) is 23.4 Å². The van der Waals surface area contributed by atoms with Crippen molar-refractivity contribution in [2.75, 3.05) is 13.7 Å². The van der Waals surface area contributed by atoms with E-state index in [2.05, 4.69) is 30.1 Å². The lowest BCUT2D eigenvalue weighted by atomic mass is 9.49. The summed E-state index contributed by atoms with van der Waals surface area (Å²) in [6.07, 6.45) is 0. The number of carbonyl (C=O) groups excluding carboxylic acids is 1. The van der Waals surface area contributed by atoms with Crippen LogP contribution in [0.25, 0.3) is 10.9 Å². The number of hydrogen-bond donors (Lipinski definition) is 1. The summed E-state index contributed by atoms with van der Waals surface area (Å²) in [4.78, 5) is 12.0. The fourth-order valence-electron chi connectivity index (χ4n) is 4.21. The van der Waals surface area contributed by atoms with E-state index >= 15 is 0 Å². The number of carbonyl (C=O) groups is 1. The molecule has 222 valence electrons. The summed E-state index contributed by atoms with van der Waals surface area (Å²) in [5.74, 6) is -0.170. The van der Waals surface area contributed by atoms with Crippen LogP contribution in [0.1, 0.15) is 71.4 Å². The Morgan fingerprint density at radius 1 is 0.925 bits per heavy atom. The summed E-state index contributed by atoms with van der Waals surface area (Å²) in [7, 11) is -0.427. The molecule has 0 bridgehead atoms. The van der Waals surface area contributed by atoms with Crippen molar-refractivity contribution >= 4 is 38.9 Å². The molecule has 40 heavy (non-hydrogen) atoms. The number of amides is 1. The molecule has 2 aliphatic heterocycles. The van der Waals surface area contributed by atoms with Crippen molar-refractivity contribution < 1.29 is 28.1 Å². The predicted octanol–water partition coefficient (Wildman–Crippen LogP) is 5.27. The molecule has 3 heterocycles. The number of nitrogens with zero attached hydrogens (tertiary/aromatic N) is 2. The van der Waals surface area contributed by atoms with Gasteiger partial charge in [0.15, 0.2) is 5.69 Å². The highest BCUT2D eigenvalue weighted by Crippen LogP contribution is 2.42. The van der Waals surface area contributed by atoms with Gasteiger partial charge in [-0.25, -0.2) is 4.68 Å². The topological polar surface area (TPSA) is 93.1 Å². The van der Waals surface area contributed by atoms with E-state index in [9.17, 15) is 4.79 Å². The van der Waals surface area contributed by atoms with Crippen LogP contribution < -0.4 is 5.32 Å². The van der Waals surface area contributed by atoms with Crippen molar-refractivity contribution in [2.45, 2.75) is 117 Å². The summed E-state index contributed by atoms with van der Waals surface area (Å²) in [5.41, 5.74) is 1.05. The molecule has 2 fully saturated rings. The monoisotopic (exact) mass is 573 g/mol. The molecule has 0 spiro atoms. The Balaban J connectivity index is 0.000000225. The Morgan fingerprint density at radius 2 is 1.40 bits per heavy atom. The highest BCUT2D eigenvalue weighted by Gasteiger charge is 2.63. The standard InChI is InChI=1S/C16H25N3O2Si.C12H24B2O4/c1-12-6-7-14-13(10-12)15(16(20)17-2)18-19(14)11-21-8-9-22(3,4)5;1-9(2)10(3,4)16-13(15-9)14-17-11(5,6)12(7,8)18-14/h6-7,10H,8-9,11H2,1-5H3,(H,17,20);1-8H3. The van der Waals surface area contributed by atoms with Crippen molar-refractivity contribution in [2.24, 2.45) is 0 Å². The van der Waals surface area contributed by atoms with Crippen molar-refractivity contribution in [3.8, 4) is 0 Å². The summed E-state index contributed by atoms with van der Waals surface area (Å²) in [6.45, 7) is 26.3. The summed E-state index contributed by atoms with van der Waals surface area (Å²) < 4.78 is 31.4. The number of aryl methyl sites for hydroxylation is 1. The molecule has 2 aromatic rings. The first-order valence-corrected chi connectivity index (χ1v) is 17.9. The summed E-state index contributed by atoms with van der Waals surface area (Å²) >= 11 is 0. The van der Waals surface area contributed by atoms with Gasteiger partial charge < -0.3 is 28.7 Å². The lowest BCUT2D eigenvalue weighted by Crippen LogP contribution is -2.41. The second-order valence-corrected chi connectivity index (χ2v) is 19.7. The van der Waals surface area contributed by atoms with Gasteiger partial charge in [-0.2, -0.15) is 5.10 Å². The van der Waals surface area contributed by atoms with Gasteiger partial charge in [-0.1, -0.05) is 31.3 Å². The fraction of sp³-hybridized carbons (Fsp3) is 0.714. The van der Waals surface area contributed by atoms with Crippen LogP contribution in [0.4, 0.5) is 0 Å². The predicted molar refractivity (Wildman–Crippen MR) is 164 cm³/mol. The number of hydrogen-bond acceptors (Lipinski definition) is 7. The molecule has 0 unspecified atom stereocenters. The van der Waals surface area contributed by atoms with Gasteiger partial charge in [-0.15, -0.1) is 0 Å². The molecule has 1 N–H and O–H groups in total. The number of aromatic nitrogens is 2. The van der Waals surface area contributed by atoms with Crippen LogP contribution in [-0.4, -0.2) is 73.8 Å². The molecule has 1 amide bonds. The Kier molecular flexibility index (Phi) is 9.46. The first kappa shape index (κ1) is 32.8. The third-order valence-electron chi connectivity index (χ3n) is 8.32. The highest BCUT2D eigenvalue weighted by atomic mass is 28.3. The van der Waals surface area contributed by atoms with Gasteiger partial charge in [0.25, 0.3) is 5.91 Å². The van der Waals surface area contributed by atoms with Crippen LogP contribution in [0.3, 0.4) is 0 Å². The average Bonchev–Trinajstić information content (AvgIpc) is 3.35. The normalized spacial score (nSPS) is 20.9. The Bertz CT molecular complexity index is 1140. The Morgan fingerprint density at radius 3 is 1.82 bits per heavy atom. The average molecular weight is 573 g/mol. The second-order valence-electron chi connectivity index (χ2n) is 14.0. The first-order valence-electron chi connectivity index (χ1n) is 14.2. The van der Waals surface area contributed by atoms with Crippen molar-refractivity contribution in [3.05, 3.63) is 29.5 Å². The molecule has 12 heteroatoms. The van der Waals surface area contributed by atoms with Crippen LogP contribution in [0.5, 0.6) is 0 Å². The molecule has 2 saturated heterocycles. The van der Waals surface area contributed by atoms with Gasteiger partial charge in [-0.3, -0.25) is 4.79 Å². The Hall–Kier alpha value is -1.69. The van der Waals surface area contributed by atoms with E-state index < -0.39 is 22.1 Å². The number of rotatable bonds is 7. The molecule has 1 aromatic heterocycles. The number of nitrogens with one attached hydrogen (secondary N) is 1. The van der Waals surface area contributed by atoms with E-state index in [1.54, 1.807) is 11.7 Å². The van der Waals surface area contributed by atoms with E-state index in [0.29, 0.717) is 12.4 Å². The molecule has 0 aliphatic carbocycles. The molecule has 0 atom stereocenters. The maximum absolute atomic E-state index is 12.0. The molecule has 0 radical (unpaired) electrons. The van der Waals surface area contributed by atoms with Gasteiger partial charge in [0, 0.05) is 27.1 Å². The molecule has 4 rings (SSSR count). The third kappa shape index (κ3) is 7.20. The molecular weight excluding hydrogens is 524 g/mol. The van der Waals surface area contributed by atoms with Gasteiger partial charge >= 0.3 is 14.0 Å². The number of benzene rings is 1. The van der Waals surface area contributed by atoms with Crippen molar-refractivity contribution in [1.29, 1.82) is 0 Å². The highest BCUT2D eigenvalue weighted by molar-refractivity contribution is 7.11. The smallest absolute Gasteiger partial charge is 0.405 e. The Labute approximate surface area is 242 Å². The lowest BCUT2D eigenvalue weighted by Gasteiger charge is -2.32. The van der Waals surface area contributed by atoms with Crippen molar-refractivity contribution in [3.63, 3.8) is 0 Å². The van der Waals surface area contributed by atoms with Crippen LogP contribution in [0.2, 0.25) is 25.7 Å². The number of fused-ring (bicyclic) bond motifs is 1. The van der Waals surface area contributed by atoms with E-state index in [0.717, 1.165) is 29.1 Å². The molecule has 1 aromatic carbocycles. The van der Waals surface area contributed by atoms with E-state index in [-0.39, 0.29) is 28.3 Å². The second kappa shape index (κ2) is 11.5. The van der Waals surface area contributed by atoms with Crippen LogP contribution in [-0.2, 0) is 30.1 Å². The summed E-state index contributed by atoms with van der Waals surface area (Å²) in [5, 5.41) is 7.94. The fourth-order valence-corrected chi connectivity index (χ4v) is 4.96. The van der Waals surface area contributed by atoms with Crippen LogP contribution in [0.15, 0.2) is 18.2 Å². The largest absolute Gasteiger partial charge is 0.488 e. The quantitative estimate of drug-likeness (QED) is 0.357. The molecule has 2 aliphatic rings. The minimum absolute atomic E-state index is 0.170. The minimum Gasteiger partial charge on any atom is -0.405 e. The van der Waals surface area contributed by atoms with Gasteiger partial charge in [0.1, 0.15) is 6.73 Å². The first-order chi connectivity index (χ1) is 18.2. The zero-order valence-electron chi connectivity index (χ0n) is 26.9. The van der Waals surface area contributed by atoms with Gasteiger partial charge in [-0.05, 0) is 80.5 Å². The van der Waals surface area contributed by atoms with E-state index in [1.165, 1.54) is 0 Å². The maximum Gasteiger partial charge on any atom is 0.488 e. The third-order valence-corrected chi connectivity index (χ3v) is 10.0. The zero-order valence-corrected chi connectivity index (χ0v) is 27.9. The molecule has 9 nitrogen and oxygen atoms in total. The minimum atomic E-state index is -1.09. The summed E-state index contributed by atoms with van der Waals surface area (Å²) in [6, 6.07) is 7.13. The lowest BCUT2D eigenvalue weighted by molar-refractivity contribution is 0.00578. The zero-order chi connectivity index (χ0) is 30.3. The molecule has 0 saturated carbocycles. The maximum atomic E-state index is 12.0. The SMILES string of the molecule is CC1(C)OB(B2OC(C)(C)C(C)(C)O2)OC1(C)C.CNC(=O)c1nn(COCC[Si](C)(C)C)c2ccc(C)cc12. The van der Waals surface area contributed by atoms with Crippen LogP contribution >= 0.6 is 0 Å². The molecular formula is C28H49B2N3O6Si. The van der Waals surface area contributed by atoms with Crippen molar-refractivity contribution in [1.82, 2.24) is 15.1 Å².